The van der Waals surface area contributed by atoms with Crippen LogP contribution in [0.5, 0.6) is 0 Å². The number of carbonyl (C=O) groups excluding carboxylic acids is 2. The number of benzene rings is 3. The highest BCUT2D eigenvalue weighted by molar-refractivity contribution is 6.01. The van der Waals surface area contributed by atoms with E-state index >= 15 is 0 Å². The predicted octanol–water partition coefficient (Wildman–Crippen LogP) is 4.85. The highest BCUT2D eigenvalue weighted by atomic mass is 16.3. The van der Waals surface area contributed by atoms with Crippen LogP contribution in [0.1, 0.15) is 64.1 Å². The van der Waals surface area contributed by atoms with Gasteiger partial charge in [-0.2, -0.15) is 0 Å². The monoisotopic (exact) mass is 513 g/mol. The van der Waals surface area contributed by atoms with Gasteiger partial charge in [0, 0.05) is 23.9 Å². The zero-order chi connectivity index (χ0) is 26.9. The molecule has 0 aromatic heterocycles. The molecule has 7 heteroatoms. The smallest absolute Gasteiger partial charge is 0.251 e. The van der Waals surface area contributed by atoms with E-state index in [-0.39, 0.29) is 23.9 Å². The zero-order valence-electron chi connectivity index (χ0n) is 22.1. The lowest BCUT2D eigenvalue weighted by molar-refractivity contribution is 0.0772. The molecule has 2 amide bonds. The molecule has 4 atom stereocenters. The standard InChI is InChI=1S/C31H37N4O3/c1-21(23-13-7-4-8-14-23)34-30(37)24-18-25(20-26(19-24)32-2)31(38)35-28(17-22-11-5-3-6-12-22)29(36)27-15-9-10-16-33-27/h3-8,11-14,18-21,27-29,32,36H,9-10,15-17H2,1-2H3,(H,34,37)(H,35,38)/q-1. The van der Waals surface area contributed by atoms with Gasteiger partial charge in [0.1, 0.15) is 0 Å². The molecule has 0 spiro atoms. The number of nitrogens with zero attached hydrogens (tertiary/aromatic N) is 1. The largest absolute Gasteiger partial charge is 0.657 e. The van der Waals surface area contributed by atoms with E-state index in [9.17, 15) is 14.7 Å². The lowest BCUT2D eigenvalue weighted by Gasteiger charge is -2.43. The average Bonchev–Trinajstić information content (AvgIpc) is 2.97. The Balaban J connectivity index is 1.53. The van der Waals surface area contributed by atoms with Crippen molar-refractivity contribution in [2.75, 3.05) is 18.9 Å². The van der Waals surface area contributed by atoms with Gasteiger partial charge < -0.3 is 26.4 Å². The maximum absolute atomic E-state index is 13.5. The summed E-state index contributed by atoms with van der Waals surface area (Å²) in [7, 11) is 1.75. The number of nitrogens with one attached hydrogen (secondary N) is 3. The summed E-state index contributed by atoms with van der Waals surface area (Å²) in [5, 5.41) is 25.0. The SMILES string of the molecule is CNc1cc(C(=O)NC(C)c2ccccc2)cc(C(=O)NC(Cc2ccccc2)C(O)C2CCCC[N-]2)c1. The highest BCUT2D eigenvalue weighted by Gasteiger charge is 2.26. The van der Waals surface area contributed by atoms with Crippen LogP contribution < -0.4 is 16.0 Å². The number of anilines is 1. The number of aliphatic hydroxyl groups is 1. The fourth-order valence-electron chi connectivity index (χ4n) is 4.88. The summed E-state index contributed by atoms with van der Waals surface area (Å²) < 4.78 is 0. The summed E-state index contributed by atoms with van der Waals surface area (Å²) in [6, 6.07) is 23.7. The first-order valence-corrected chi connectivity index (χ1v) is 13.3. The first kappa shape index (κ1) is 27.4. The van der Waals surface area contributed by atoms with E-state index in [1.807, 2.05) is 67.6 Å². The predicted molar refractivity (Wildman–Crippen MR) is 152 cm³/mol. The minimum atomic E-state index is -0.804. The molecule has 7 nitrogen and oxygen atoms in total. The van der Waals surface area contributed by atoms with Crippen LogP contribution in [0.3, 0.4) is 0 Å². The number of amides is 2. The molecular weight excluding hydrogens is 476 g/mol. The van der Waals surface area contributed by atoms with Crippen molar-refractivity contribution in [3.63, 3.8) is 0 Å². The molecule has 200 valence electrons. The maximum atomic E-state index is 13.5. The van der Waals surface area contributed by atoms with Crippen molar-refractivity contribution >= 4 is 17.5 Å². The van der Waals surface area contributed by atoms with Crippen molar-refractivity contribution in [2.45, 2.75) is 56.8 Å². The Kier molecular flexibility index (Phi) is 9.51. The van der Waals surface area contributed by atoms with Crippen molar-refractivity contribution in [3.8, 4) is 0 Å². The number of hydrogen-bond donors (Lipinski definition) is 4. The first-order valence-electron chi connectivity index (χ1n) is 13.3. The van der Waals surface area contributed by atoms with Crippen molar-refractivity contribution in [2.24, 2.45) is 0 Å². The van der Waals surface area contributed by atoms with Crippen molar-refractivity contribution in [1.82, 2.24) is 10.6 Å². The minimum Gasteiger partial charge on any atom is -0.657 e. The number of rotatable bonds is 10. The van der Waals surface area contributed by atoms with E-state index in [2.05, 4.69) is 21.3 Å². The van der Waals surface area contributed by atoms with Crippen molar-refractivity contribution < 1.29 is 14.7 Å². The van der Waals surface area contributed by atoms with Gasteiger partial charge in [-0.3, -0.25) is 9.59 Å². The fourth-order valence-corrected chi connectivity index (χ4v) is 4.88. The van der Waals surface area contributed by atoms with Crippen LogP contribution in [0.2, 0.25) is 0 Å². The van der Waals surface area contributed by atoms with E-state index in [1.54, 1.807) is 25.2 Å². The Hall–Kier alpha value is -3.68. The summed E-state index contributed by atoms with van der Waals surface area (Å²) in [5.74, 6) is -0.613. The van der Waals surface area contributed by atoms with Gasteiger partial charge in [0.2, 0.25) is 0 Å². The van der Waals surface area contributed by atoms with Crippen molar-refractivity contribution in [1.29, 1.82) is 0 Å². The Bertz CT molecular complexity index is 1200. The Labute approximate surface area is 225 Å². The van der Waals surface area contributed by atoms with Crippen LogP contribution >= 0.6 is 0 Å². The van der Waals surface area contributed by atoms with Crippen LogP contribution in [0.25, 0.3) is 5.32 Å². The van der Waals surface area contributed by atoms with Crippen LogP contribution in [0.4, 0.5) is 5.69 Å². The van der Waals surface area contributed by atoms with E-state index in [0.29, 0.717) is 23.2 Å². The minimum absolute atomic E-state index is 0.191. The van der Waals surface area contributed by atoms with E-state index in [1.165, 1.54) is 0 Å². The molecule has 0 bridgehead atoms. The van der Waals surface area contributed by atoms with Gasteiger partial charge in [-0.1, -0.05) is 79.9 Å². The molecule has 0 saturated carbocycles. The topological polar surface area (TPSA) is 105 Å². The van der Waals surface area contributed by atoms with Gasteiger partial charge in [0.05, 0.1) is 18.2 Å². The molecule has 1 aliphatic heterocycles. The summed E-state index contributed by atoms with van der Waals surface area (Å²) >= 11 is 0. The van der Waals surface area contributed by atoms with Gasteiger partial charge >= 0.3 is 0 Å². The quantitative estimate of drug-likeness (QED) is 0.311. The Morgan fingerprint density at radius 2 is 1.55 bits per heavy atom. The zero-order valence-corrected chi connectivity index (χ0v) is 22.1. The molecule has 4 N–H and O–H groups in total. The summed E-state index contributed by atoms with van der Waals surface area (Å²) in [6.45, 7) is 2.66. The van der Waals surface area contributed by atoms with Crippen LogP contribution in [0.15, 0.2) is 78.9 Å². The lowest BCUT2D eigenvalue weighted by atomic mass is 9.91. The third-order valence-corrected chi connectivity index (χ3v) is 7.09. The van der Waals surface area contributed by atoms with E-state index in [4.69, 9.17) is 0 Å². The molecule has 4 unspecified atom stereocenters. The summed E-state index contributed by atoms with van der Waals surface area (Å²) in [5.41, 5.74) is 3.39. The molecule has 1 saturated heterocycles. The normalized spacial score (nSPS) is 17.6. The van der Waals surface area contributed by atoms with E-state index in [0.717, 1.165) is 36.9 Å². The molecule has 4 rings (SSSR count). The summed E-state index contributed by atoms with van der Waals surface area (Å²) in [6.07, 6.45) is 2.53. The molecule has 3 aromatic carbocycles. The second-order valence-corrected chi connectivity index (χ2v) is 9.88. The van der Waals surface area contributed by atoms with Gasteiger partial charge in [-0.25, -0.2) is 0 Å². The molecule has 1 fully saturated rings. The third-order valence-electron chi connectivity index (χ3n) is 7.09. The Morgan fingerprint density at radius 3 is 2.16 bits per heavy atom. The number of hydrogen-bond acceptors (Lipinski definition) is 4. The second-order valence-electron chi connectivity index (χ2n) is 9.88. The maximum Gasteiger partial charge on any atom is 0.251 e. The molecule has 0 aliphatic carbocycles. The molecule has 0 radical (unpaired) electrons. The van der Waals surface area contributed by atoms with E-state index < -0.39 is 12.1 Å². The van der Waals surface area contributed by atoms with Crippen molar-refractivity contribution in [3.05, 3.63) is 106 Å². The average molecular weight is 514 g/mol. The molecule has 38 heavy (non-hydrogen) atoms. The highest BCUT2D eigenvalue weighted by Crippen LogP contribution is 2.24. The first-order chi connectivity index (χ1) is 18.4. The summed E-state index contributed by atoms with van der Waals surface area (Å²) in [4.78, 5) is 26.6. The molecule has 3 aromatic rings. The van der Waals surface area contributed by atoms with Gasteiger partial charge in [-0.05, 0) is 42.7 Å². The fraction of sp³-hybridized carbons (Fsp3) is 0.355. The van der Waals surface area contributed by atoms with Gasteiger partial charge in [0.15, 0.2) is 0 Å². The van der Waals surface area contributed by atoms with Gasteiger partial charge in [0.25, 0.3) is 11.8 Å². The number of carbonyl (C=O) groups is 2. The molecular formula is C31H37N4O3-. The van der Waals surface area contributed by atoms with Crippen LogP contribution in [-0.4, -0.2) is 48.7 Å². The number of piperidine rings is 1. The molecule has 1 aliphatic rings. The number of aliphatic hydroxyl groups excluding tert-OH is 1. The van der Waals surface area contributed by atoms with Gasteiger partial charge in [-0.15, -0.1) is 12.6 Å². The second kappa shape index (κ2) is 13.2. The lowest BCUT2D eigenvalue weighted by Crippen LogP contribution is -2.50. The third kappa shape index (κ3) is 7.21. The van der Waals surface area contributed by atoms with Crippen LogP contribution in [-0.2, 0) is 6.42 Å². The Morgan fingerprint density at radius 1 is 0.921 bits per heavy atom. The molecule has 1 heterocycles. The van der Waals surface area contributed by atoms with Crippen LogP contribution in [0, 0.1) is 0 Å².